The second-order valence-corrected chi connectivity index (χ2v) is 6.19. The van der Waals surface area contributed by atoms with Crippen molar-refractivity contribution in [3.05, 3.63) is 35.4 Å². The first-order valence-electron chi connectivity index (χ1n) is 8.09. The summed E-state index contributed by atoms with van der Waals surface area (Å²) in [5.41, 5.74) is 2.42. The van der Waals surface area contributed by atoms with Crippen LogP contribution < -0.4 is 10.6 Å². The third-order valence-electron chi connectivity index (χ3n) is 3.58. The zero-order valence-electron chi connectivity index (χ0n) is 14.6. The van der Waals surface area contributed by atoms with Gasteiger partial charge in [0.05, 0.1) is 6.61 Å². The summed E-state index contributed by atoms with van der Waals surface area (Å²) < 4.78 is 5.12. The smallest absolute Gasteiger partial charge is 0.191 e. The molecule has 124 valence electrons. The molecule has 0 saturated heterocycles. The summed E-state index contributed by atoms with van der Waals surface area (Å²) in [6.45, 7) is 8.14. The van der Waals surface area contributed by atoms with E-state index in [-0.39, 0.29) is 0 Å². The summed E-state index contributed by atoms with van der Waals surface area (Å²) in [5, 5.41) is 6.81. The van der Waals surface area contributed by atoms with Crippen LogP contribution in [0, 0.1) is 5.92 Å². The van der Waals surface area contributed by atoms with Crippen LogP contribution in [0.5, 0.6) is 0 Å². The van der Waals surface area contributed by atoms with E-state index in [9.17, 15) is 0 Å². The van der Waals surface area contributed by atoms with Gasteiger partial charge in [-0.25, -0.2) is 0 Å². The van der Waals surface area contributed by atoms with Crippen LogP contribution in [0.2, 0.25) is 0 Å². The summed E-state index contributed by atoms with van der Waals surface area (Å²) in [4.78, 5) is 4.29. The van der Waals surface area contributed by atoms with Crippen LogP contribution in [-0.2, 0) is 17.9 Å². The molecule has 0 aliphatic rings. The molecule has 1 aromatic carbocycles. The van der Waals surface area contributed by atoms with Crippen molar-refractivity contribution in [3.63, 3.8) is 0 Å². The number of guanidine groups is 1. The minimum Gasteiger partial charge on any atom is -0.380 e. The van der Waals surface area contributed by atoms with E-state index in [1.165, 1.54) is 17.5 Å². The lowest BCUT2D eigenvalue weighted by molar-refractivity contribution is 0.185. The van der Waals surface area contributed by atoms with Crippen LogP contribution in [0.4, 0.5) is 0 Å². The van der Waals surface area contributed by atoms with E-state index in [1.54, 1.807) is 7.11 Å². The minimum atomic E-state index is 0.428. The average molecular weight is 305 g/mol. The molecule has 1 atom stereocenters. The molecule has 1 unspecified atom stereocenters. The fourth-order valence-corrected chi connectivity index (χ4v) is 2.19. The van der Waals surface area contributed by atoms with Gasteiger partial charge in [0.15, 0.2) is 5.96 Å². The van der Waals surface area contributed by atoms with Crippen molar-refractivity contribution in [3.8, 4) is 0 Å². The van der Waals surface area contributed by atoms with Crippen LogP contribution >= 0.6 is 0 Å². The summed E-state index contributed by atoms with van der Waals surface area (Å²) in [5.74, 6) is 1.60. The maximum Gasteiger partial charge on any atom is 0.191 e. The van der Waals surface area contributed by atoms with E-state index in [0.717, 1.165) is 24.8 Å². The van der Waals surface area contributed by atoms with Crippen molar-refractivity contribution >= 4 is 5.96 Å². The van der Waals surface area contributed by atoms with Crippen molar-refractivity contribution in [2.45, 2.75) is 52.8 Å². The molecule has 0 bridgehead atoms. The van der Waals surface area contributed by atoms with E-state index in [4.69, 9.17) is 4.74 Å². The van der Waals surface area contributed by atoms with E-state index in [2.05, 4.69) is 60.7 Å². The first kappa shape index (κ1) is 18.5. The number of hydrogen-bond donors (Lipinski definition) is 2. The largest absolute Gasteiger partial charge is 0.380 e. The summed E-state index contributed by atoms with van der Waals surface area (Å²) >= 11 is 0. The molecule has 0 aliphatic carbocycles. The summed E-state index contributed by atoms with van der Waals surface area (Å²) in [7, 11) is 3.53. The van der Waals surface area contributed by atoms with E-state index >= 15 is 0 Å². The highest BCUT2D eigenvalue weighted by Gasteiger charge is 2.06. The van der Waals surface area contributed by atoms with Gasteiger partial charge in [0.2, 0.25) is 0 Å². The van der Waals surface area contributed by atoms with Crippen molar-refractivity contribution < 1.29 is 4.74 Å². The van der Waals surface area contributed by atoms with Crippen LogP contribution in [0.25, 0.3) is 0 Å². The SMILES string of the molecule is CN=C(NCc1ccc(COC)cc1)NC(C)CCC(C)C. The van der Waals surface area contributed by atoms with Crippen molar-refractivity contribution in [1.29, 1.82) is 0 Å². The van der Waals surface area contributed by atoms with Crippen LogP contribution in [0.15, 0.2) is 29.3 Å². The van der Waals surface area contributed by atoms with Gasteiger partial charge in [0, 0.05) is 26.7 Å². The first-order chi connectivity index (χ1) is 10.5. The third-order valence-corrected chi connectivity index (χ3v) is 3.58. The molecule has 0 heterocycles. The minimum absolute atomic E-state index is 0.428. The van der Waals surface area contributed by atoms with Gasteiger partial charge in [-0.2, -0.15) is 0 Å². The average Bonchev–Trinajstić information content (AvgIpc) is 2.51. The van der Waals surface area contributed by atoms with Gasteiger partial charge in [-0.15, -0.1) is 0 Å². The van der Waals surface area contributed by atoms with Gasteiger partial charge in [0.1, 0.15) is 0 Å². The van der Waals surface area contributed by atoms with E-state index < -0.39 is 0 Å². The molecule has 0 amide bonds. The predicted octanol–water partition coefficient (Wildman–Crippen LogP) is 3.32. The molecule has 0 fully saturated rings. The molecule has 22 heavy (non-hydrogen) atoms. The topological polar surface area (TPSA) is 45.7 Å². The number of hydrogen-bond acceptors (Lipinski definition) is 2. The molecule has 0 spiro atoms. The number of methoxy groups -OCH3 is 1. The van der Waals surface area contributed by atoms with Gasteiger partial charge >= 0.3 is 0 Å². The predicted molar refractivity (Wildman–Crippen MR) is 94.0 cm³/mol. The van der Waals surface area contributed by atoms with Crippen molar-refractivity contribution in [2.75, 3.05) is 14.2 Å². The van der Waals surface area contributed by atoms with E-state index in [1.807, 2.05) is 7.05 Å². The Hall–Kier alpha value is -1.55. The lowest BCUT2D eigenvalue weighted by Gasteiger charge is -2.18. The van der Waals surface area contributed by atoms with Crippen LogP contribution in [0.1, 0.15) is 44.7 Å². The Morgan fingerprint density at radius 3 is 2.27 bits per heavy atom. The molecule has 2 N–H and O–H groups in total. The molecular formula is C18H31N3O. The molecular weight excluding hydrogens is 274 g/mol. The lowest BCUT2D eigenvalue weighted by atomic mass is 10.0. The number of rotatable bonds is 8. The van der Waals surface area contributed by atoms with Crippen molar-refractivity contribution in [2.24, 2.45) is 10.9 Å². The molecule has 4 heteroatoms. The fourth-order valence-electron chi connectivity index (χ4n) is 2.19. The standard InChI is InChI=1S/C18H31N3O/c1-14(2)6-7-15(3)21-18(19-4)20-12-16-8-10-17(11-9-16)13-22-5/h8-11,14-15H,6-7,12-13H2,1-5H3,(H2,19,20,21). The molecule has 4 nitrogen and oxygen atoms in total. The van der Waals surface area contributed by atoms with E-state index in [0.29, 0.717) is 12.6 Å². The molecule has 0 radical (unpaired) electrons. The highest BCUT2D eigenvalue weighted by atomic mass is 16.5. The maximum absolute atomic E-state index is 5.12. The summed E-state index contributed by atoms with van der Waals surface area (Å²) in [6.07, 6.45) is 2.39. The number of nitrogens with zero attached hydrogens (tertiary/aromatic N) is 1. The number of ether oxygens (including phenoxy) is 1. The zero-order chi connectivity index (χ0) is 16.4. The monoisotopic (exact) mass is 305 g/mol. The molecule has 0 saturated carbocycles. The van der Waals surface area contributed by atoms with Crippen molar-refractivity contribution in [1.82, 2.24) is 10.6 Å². The van der Waals surface area contributed by atoms with Crippen LogP contribution in [0.3, 0.4) is 0 Å². The molecule has 1 aromatic rings. The fraction of sp³-hybridized carbons (Fsp3) is 0.611. The Morgan fingerprint density at radius 2 is 1.73 bits per heavy atom. The molecule has 1 rings (SSSR count). The van der Waals surface area contributed by atoms with Gasteiger partial charge in [0.25, 0.3) is 0 Å². The Bertz CT molecular complexity index is 440. The molecule has 0 aromatic heterocycles. The second-order valence-electron chi connectivity index (χ2n) is 6.19. The van der Waals surface area contributed by atoms with Gasteiger partial charge in [-0.1, -0.05) is 38.1 Å². The second kappa shape index (κ2) is 10.2. The van der Waals surface area contributed by atoms with Crippen LogP contribution in [-0.4, -0.2) is 26.2 Å². The number of aliphatic imine (C=N–C) groups is 1. The quantitative estimate of drug-likeness (QED) is 0.572. The Kier molecular flexibility index (Phi) is 8.60. The third kappa shape index (κ3) is 7.46. The lowest BCUT2D eigenvalue weighted by Crippen LogP contribution is -2.41. The van der Waals surface area contributed by atoms with Gasteiger partial charge in [-0.05, 0) is 36.8 Å². The highest BCUT2D eigenvalue weighted by molar-refractivity contribution is 5.79. The normalized spacial score (nSPS) is 13.3. The number of benzene rings is 1. The Morgan fingerprint density at radius 1 is 1.09 bits per heavy atom. The zero-order valence-corrected chi connectivity index (χ0v) is 14.6. The van der Waals surface area contributed by atoms with Gasteiger partial charge in [-0.3, -0.25) is 4.99 Å². The maximum atomic E-state index is 5.12. The van der Waals surface area contributed by atoms with Gasteiger partial charge < -0.3 is 15.4 Å². The first-order valence-corrected chi connectivity index (χ1v) is 8.09. The number of nitrogens with one attached hydrogen (secondary N) is 2. The highest BCUT2D eigenvalue weighted by Crippen LogP contribution is 2.07. The molecule has 0 aliphatic heterocycles. The summed E-state index contributed by atoms with van der Waals surface area (Å²) in [6, 6.07) is 8.87. The Labute approximate surface area is 135 Å². The Balaban J connectivity index is 2.40.